The van der Waals surface area contributed by atoms with Crippen LogP contribution < -0.4 is 10.6 Å². The fourth-order valence-corrected chi connectivity index (χ4v) is 5.17. The molecule has 0 radical (unpaired) electrons. The molecule has 164 valence electrons. The third kappa shape index (κ3) is 4.68. The molecule has 0 aliphatic heterocycles. The van der Waals surface area contributed by atoms with Crippen LogP contribution >= 0.6 is 0 Å². The van der Waals surface area contributed by atoms with Gasteiger partial charge in [0.1, 0.15) is 23.8 Å². The Morgan fingerprint density at radius 1 is 0.656 bits per heavy atom. The van der Waals surface area contributed by atoms with Gasteiger partial charge in [-0.15, -0.1) is 12.1 Å². The van der Waals surface area contributed by atoms with Crippen LogP contribution in [-0.2, 0) is 21.1 Å². The Kier molecular flexibility index (Phi) is 7.00. The maximum atomic E-state index is 14.1. The summed E-state index contributed by atoms with van der Waals surface area (Å²) in [6.45, 7) is 3.97. The van der Waals surface area contributed by atoms with Gasteiger partial charge in [-0.3, -0.25) is 9.97 Å². The Balaban J connectivity index is 0.00000289. The average molecular weight is 634 g/mol. The van der Waals surface area contributed by atoms with Crippen molar-refractivity contribution in [2.24, 2.45) is 0 Å². The zero-order valence-electron chi connectivity index (χ0n) is 16.7. The van der Waals surface area contributed by atoms with Gasteiger partial charge in [-0.1, -0.05) is 60.6 Å². The quantitative estimate of drug-likeness (QED) is 0.149. The van der Waals surface area contributed by atoms with E-state index in [1.807, 2.05) is 13.1 Å². The summed E-state index contributed by atoms with van der Waals surface area (Å²) in [5.74, 6) is -3.93. The van der Waals surface area contributed by atoms with Crippen molar-refractivity contribution in [3.63, 3.8) is 0 Å². The number of pyridine rings is 4. The van der Waals surface area contributed by atoms with Crippen molar-refractivity contribution >= 4 is 18.7 Å². The second kappa shape index (κ2) is 9.38. The molecule has 4 aromatic heterocycles. The molecule has 0 aliphatic carbocycles. The zero-order valence-corrected chi connectivity index (χ0v) is 20.0. The second-order valence-electron chi connectivity index (χ2n) is 7.22. The van der Waals surface area contributed by atoms with Crippen LogP contribution in [0.1, 0.15) is 0 Å². The maximum Gasteiger partial charge on any atom is 2.00 e. The third-order valence-electron chi connectivity index (χ3n) is 4.78. The van der Waals surface area contributed by atoms with Gasteiger partial charge in [-0.2, -0.15) is 0 Å². The molecule has 4 heterocycles. The summed E-state index contributed by atoms with van der Waals surface area (Å²) in [6.07, 6.45) is 0. The topological polar surface area (TPSA) is 51.6 Å². The van der Waals surface area contributed by atoms with E-state index in [4.69, 9.17) is 0 Å². The first-order valence-corrected chi connectivity index (χ1v) is 12.2. The standard InChI is InChI=1S/C22H14F4N4Si.Pt/c1-31(2,19-7-3-5-15(27-19)13-9-11-17(23)29-21(13)25)20-8-4-6-16(28-20)14-10-12-18(24)30-22(14)26;/h3-8,11-12H,1-2H3;/q-2;+2. The predicted molar refractivity (Wildman–Crippen MR) is 109 cm³/mol. The molecule has 0 spiro atoms. The molecule has 0 amide bonds. The van der Waals surface area contributed by atoms with Gasteiger partial charge in [0.25, 0.3) is 0 Å². The summed E-state index contributed by atoms with van der Waals surface area (Å²) in [7, 11) is -2.52. The summed E-state index contributed by atoms with van der Waals surface area (Å²) < 4.78 is 54.4. The molecule has 4 aromatic rings. The Labute approximate surface area is 197 Å². The van der Waals surface area contributed by atoms with Gasteiger partial charge in [0.2, 0.25) is 0 Å². The maximum absolute atomic E-state index is 14.1. The van der Waals surface area contributed by atoms with Crippen molar-refractivity contribution in [3.05, 3.63) is 84.5 Å². The van der Waals surface area contributed by atoms with Crippen LogP contribution in [0.2, 0.25) is 13.1 Å². The normalized spacial score (nSPS) is 11.2. The van der Waals surface area contributed by atoms with E-state index in [9.17, 15) is 17.6 Å². The molecule has 0 saturated carbocycles. The minimum absolute atomic E-state index is 0. The van der Waals surface area contributed by atoms with Gasteiger partial charge in [-0.05, 0) is 23.5 Å². The van der Waals surface area contributed by atoms with E-state index >= 15 is 0 Å². The molecule has 0 N–H and O–H groups in total. The Bertz CT molecular complexity index is 1190. The Morgan fingerprint density at radius 2 is 1.06 bits per heavy atom. The molecule has 4 rings (SSSR count). The number of hydrogen-bond acceptors (Lipinski definition) is 4. The summed E-state index contributed by atoms with van der Waals surface area (Å²) >= 11 is 0. The van der Waals surface area contributed by atoms with Crippen molar-refractivity contribution in [1.29, 1.82) is 0 Å². The number of halogens is 4. The van der Waals surface area contributed by atoms with E-state index < -0.39 is 31.9 Å². The summed E-state index contributed by atoms with van der Waals surface area (Å²) in [5, 5.41) is 1.35. The largest absolute Gasteiger partial charge is 2.00 e. The third-order valence-corrected chi connectivity index (χ3v) is 7.90. The van der Waals surface area contributed by atoms with Crippen LogP contribution in [0.15, 0.2) is 48.5 Å². The van der Waals surface area contributed by atoms with Crippen LogP contribution in [0.4, 0.5) is 17.6 Å². The van der Waals surface area contributed by atoms with Crippen LogP contribution in [-0.4, -0.2) is 28.0 Å². The number of nitrogens with zero attached hydrogens (tertiary/aromatic N) is 4. The Hall–Kier alpha value is -2.77. The van der Waals surface area contributed by atoms with Gasteiger partial charge in [0.15, 0.2) is 8.07 Å². The minimum Gasteiger partial charge on any atom is -0.305 e. The van der Waals surface area contributed by atoms with Crippen LogP contribution in [0, 0.1) is 35.9 Å². The van der Waals surface area contributed by atoms with Crippen LogP contribution in [0.3, 0.4) is 0 Å². The molecule has 4 nitrogen and oxygen atoms in total. The predicted octanol–water partition coefficient (Wildman–Crippen LogP) is 3.58. The molecule has 0 fully saturated rings. The van der Waals surface area contributed by atoms with Crippen molar-refractivity contribution in [3.8, 4) is 22.5 Å². The fraction of sp³-hybridized carbons (Fsp3) is 0.0909. The molecule has 0 saturated heterocycles. The Morgan fingerprint density at radius 3 is 1.44 bits per heavy atom. The SMILES string of the molecule is C[Si](C)(c1cccc(-c2[c-]cc(F)nc2F)n1)c1cccc(-c2[c-]cc(F)nc2F)n1.[Pt+2]. The van der Waals surface area contributed by atoms with E-state index in [1.54, 1.807) is 36.4 Å². The molecule has 0 aromatic carbocycles. The average Bonchev–Trinajstić information content (AvgIpc) is 2.74. The van der Waals surface area contributed by atoms with E-state index in [0.717, 1.165) is 12.1 Å². The van der Waals surface area contributed by atoms with Crippen molar-refractivity contribution in [2.75, 3.05) is 0 Å². The van der Waals surface area contributed by atoms with Crippen molar-refractivity contribution in [1.82, 2.24) is 19.9 Å². The van der Waals surface area contributed by atoms with Crippen LogP contribution in [0.25, 0.3) is 22.5 Å². The smallest absolute Gasteiger partial charge is 0.305 e. The van der Waals surface area contributed by atoms with E-state index in [1.165, 1.54) is 0 Å². The molecule has 0 bridgehead atoms. The fourth-order valence-electron chi connectivity index (χ4n) is 3.08. The van der Waals surface area contributed by atoms with Gasteiger partial charge < -0.3 is 9.97 Å². The number of rotatable bonds is 4. The molecule has 0 aliphatic rings. The molecular formula is C22H14F4N4PtSi. The minimum atomic E-state index is -2.52. The van der Waals surface area contributed by atoms with E-state index in [0.29, 0.717) is 10.6 Å². The van der Waals surface area contributed by atoms with Crippen molar-refractivity contribution < 1.29 is 38.6 Å². The van der Waals surface area contributed by atoms with Gasteiger partial charge in [0, 0.05) is 10.6 Å². The molecular weight excluding hydrogens is 619 g/mol. The zero-order chi connectivity index (χ0) is 22.2. The molecule has 0 unspecified atom stereocenters. The first-order valence-electron chi connectivity index (χ1n) is 9.19. The van der Waals surface area contributed by atoms with E-state index in [-0.39, 0.29) is 43.6 Å². The summed E-state index contributed by atoms with van der Waals surface area (Å²) in [6, 6.07) is 17.1. The van der Waals surface area contributed by atoms with Crippen LogP contribution in [0.5, 0.6) is 0 Å². The number of hydrogen-bond donors (Lipinski definition) is 0. The molecule has 10 heteroatoms. The van der Waals surface area contributed by atoms with E-state index in [2.05, 4.69) is 32.1 Å². The summed E-state index contributed by atoms with van der Waals surface area (Å²) in [4.78, 5) is 15.5. The summed E-state index contributed by atoms with van der Waals surface area (Å²) in [5.41, 5.74) is 0.454. The van der Waals surface area contributed by atoms with Gasteiger partial charge >= 0.3 is 21.1 Å². The monoisotopic (exact) mass is 633 g/mol. The van der Waals surface area contributed by atoms with Gasteiger partial charge in [-0.25, -0.2) is 17.6 Å². The van der Waals surface area contributed by atoms with Crippen molar-refractivity contribution in [2.45, 2.75) is 13.1 Å². The first-order chi connectivity index (χ1) is 14.8. The second-order valence-corrected chi connectivity index (χ2v) is 11.5. The first kappa shape index (κ1) is 23.9. The molecule has 0 atom stereocenters. The molecule has 32 heavy (non-hydrogen) atoms. The number of aromatic nitrogens is 4. The van der Waals surface area contributed by atoms with Gasteiger partial charge in [0.05, 0.1) is 0 Å².